The second kappa shape index (κ2) is 9.63. The molecule has 0 saturated heterocycles. The summed E-state index contributed by atoms with van der Waals surface area (Å²) >= 11 is 0. The van der Waals surface area contributed by atoms with Crippen molar-refractivity contribution in [3.8, 4) is 17.2 Å². The maximum Gasteiger partial charge on any atom is 0.434 e. The topological polar surface area (TPSA) is 91.7 Å². The van der Waals surface area contributed by atoms with Crippen molar-refractivity contribution in [2.45, 2.75) is 13.1 Å². The Bertz CT molecular complexity index is 1160. The van der Waals surface area contributed by atoms with Crippen molar-refractivity contribution in [3.05, 3.63) is 65.5 Å². The molecule has 0 atom stereocenters. The number of nitrogens with one attached hydrogen (secondary N) is 1. The first-order valence-corrected chi connectivity index (χ1v) is 9.65. The minimum Gasteiger partial charge on any atom is -0.497 e. The number of carbonyl (C=O) groups excluding carboxylic acids is 2. The van der Waals surface area contributed by atoms with Crippen molar-refractivity contribution < 1.29 is 37.0 Å². The number of nitrogens with zero attached hydrogens (tertiary/aromatic N) is 2. The SMILES string of the molecule is CCOC(=O)c1cnn(-c2ccc(NC(=O)c3cc(OC)ccc3OC)cc2)c1C(F)(F)F. The van der Waals surface area contributed by atoms with Crippen molar-refractivity contribution in [2.24, 2.45) is 0 Å². The molecule has 0 spiro atoms. The Morgan fingerprint density at radius 3 is 2.30 bits per heavy atom. The zero-order valence-corrected chi connectivity index (χ0v) is 17.9. The molecule has 1 N–H and O–H groups in total. The van der Waals surface area contributed by atoms with E-state index < -0.39 is 29.3 Å². The molecular formula is C22H20F3N3O5. The highest BCUT2D eigenvalue weighted by molar-refractivity contribution is 6.06. The van der Waals surface area contributed by atoms with Gasteiger partial charge in [0.15, 0.2) is 5.69 Å². The van der Waals surface area contributed by atoms with Crippen LogP contribution in [0.2, 0.25) is 0 Å². The maximum absolute atomic E-state index is 13.7. The smallest absolute Gasteiger partial charge is 0.434 e. The molecule has 0 aliphatic rings. The first-order valence-electron chi connectivity index (χ1n) is 9.65. The zero-order valence-electron chi connectivity index (χ0n) is 17.9. The predicted molar refractivity (Wildman–Crippen MR) is 112 cm³/mol. The number of ether oxygens (including phenoxy) is 3. The van der Waals surface area contributed by atoms with Crippen molar-refractivity contribution in [1.82, 2.24) is 9.78 Å². The first-order chi connectivity index (χ1) is 15.7. The van der Waals surface area contributed by atoms with Crippen LogP contribution in [0.4, 0.5) is 18.9 Å². The monoisotopic (exact) mass is 463 g/mol. The summed E-state index contributed by atoms with van der Waals surface area (Å²) in [5, 5.41) is 6.36. The number of hydrogen-bond acceptors (Lipinski definition) is 6. The fraction of sp³-hybridized carbons (Fsp3) is 0.227. The fourth-order valence-corrected chi connectivity index (χ4v) is 3.05. The van der Waals surface area contributed by atoms with Crippen LogP contribution in [0.15, 0.2) is 48.7 Å². The summed E-state index contributed by atoms with van der Waals surface area (Å²) in [6.07, 6.45) is -4.04. The van der Waals surface area contributed by atoms with Gasteiger partial charge in [-0.1, -0.05) is 0 Å². The number of esters is 1. The van der Waals surface area contributed by atoms with Crippen LogP contribution < -0.4 is 14.8 Å². The second-order valence-corrected chi connectivity index (χ2v) is 6.60. The molecule has 0 aliphatic carbocycles. The van der Waals surface area contributed by atoms with Gasteiger partial charge >= 0.3 is 12.1 Å². The molecule has 174 valence electrons. The van der Waals surface area contributed by atoms with E-state index in [0.717, 1.165) is 6.20 Å². The van der Waals surface area contributed by atoms with Gasteiger partial charge in [-0.25, -0.2) is 9.48 Å². The Hall–Kier alpha value is -4.02. The van der Waals surface area contributed by atoms with E-state index in [2.05, 4.69) is 10.4 Å². The summed E-state index contributed by atoms with van der Waals surface area (Å²) in [6, 6.07) is 10.2. The molecule has 0 fully saturated rings. The standard InChI is InChI=1S/C22H20F3N3O5/c1-4-33-21(30)17-12-26-28(19(17)22(23,24)25)14-7-5-13(6-8-14)27-20(29)16-11-15(31-2)9-10-18(16)32-3/h5-12H,4H2,1-3H3,(H,27,29). The number of carbonyl (C=O) groups is 2. The zero-order chi connectivity index (χ0) is 24.2. The van der Waals surface area contributed by atoms with Gasteiger partial charge in [0.2, 0.25) is 0 Å². The molecule has 1 aromatic heterocycles. The van der Waals surface area contributed by atoms with E-state index in [1.165, 1.54) is 51.5 Å². The van der Waals surface area contributed by atoms with E-state index in [4.69, 9.17) is 14.2 Å². The Labute approximate surface area is 186 Å². The number of benzene rings is 2. The predicted octanol–water partition coefficient (Wildman–Crippen LogP) is 4.34. The second-order valence-electron chi connectivity index (χ2n) is 6.60. The van der Waals surface area contributed by atoms with Crippen LogP contribution in [0.3, 0.4) is 0 Å². The van der Waals surface area contributed by atoms with Crippen molar-refractivity contribution >= 4 is 17.6 Å². The van der Waals surface area contributed by atoms with Gasteiger partial charge in [-0.15, -0.1) is 0 Å². The summed E-state index contributed by atoms with van der Waals surface area (Å²) < 4.78 is 56.6. The molecule has 1 amide bonds. The lowest BCUT2D eigenvalue weighted by molar-refractivity contribution is -0.143. The minimum atomic E-state index is -4.85. The van der Waals surface area contributed by atoms with E-state index in [1.807, 2.05) is 0 Å². The van der Waals surface area contributed by atoms with Gasteiger partial charge in [-0.05, 0) is 49.4 Å². The Morgan fingerprint density at radius 2 is 1.73 bits per heavy atom. The van der Waals surface area contributed by atoms with E-state index in [9.17, 15) is 22.8 Å². The lowest BCUT2D eigenvalue weighted by atomic mass is 10.1. The average Bonchev–Trinajstić information content (AvgIpc) is 3.25. The number of amides is 1. The summed E-state index contributed by atoms with van der Waals surface area (Å²) in [4.78, 5) is 24.6. The fourth-order valence-electron chi connectivity index (χ4n) is 3.05. The van der Waals surface area contributed by atoms with Crippen LogP contribution >= 0.6 is 0 Å². The third-order valence-corrected chi connectivity index (χ3v) is 4.55. The largest absolute Gasteiger partial charge is 0.497 e. The van der Waals surface area contributed by atoms with Crippen LogP contribution in [-0.2, 0) is 10.9 Å². The average molecular weight is 463 g/mol. The summed E-state index contributed by atoms with van der Waals surface area (Å²) in [6.45, 7) is 1.41. The lowest BCUT2D eigenvalue weighted by Gasteiger charge is -2.13. The van der Waals surface area contributed by atoms with Crippen molar-refractivity contribution in [1.29, 1.82) is 0 Å². The first kappa shape index (κ1) is 23.6. The van der Waals surface area contributed by atoms with E-state index in [-0.39, 0.29) is 17.9 Å². The molecule has 8 nitrogen and oxygen atoms in total. The molecule has 0 aliphatic heterocycles. The molecule has 0 radical (unpaired) electrons. The summed E-state index contributed by atoms with van der Waals surface area (Å²) in [5.41, 5.74) is -1.37. The van der Waals surface area contributed by atoms with E-state index >= 15 is 0 Å². The highest BCUT2D eigenvalue weighted by Gasteiger charge is 2.41. The quantitative estimate of drug-likeness (QED) is 0.525. The van der Waals surface area contributed by atoms with Crippen LogP contribution in [-0.4, -0.2) is 42.5 Å². The van der Waals surface area contributed by atoms with Crippen LogP contribution in [0.5, 0.6) is 11.5 Å². The van der Waals surface area contributed by atoms with Crippen LogP contribution in [0.25, 0.3) is 5.69 Å². The van der Waals surface area contributed by atoms with Crippen molar-refractivity contribution in [2.75, 3.05) is 26.1 Å². The highest BCUT2D eigenvalue weighted by Crippen LogP contribution is 2.34. The maximum atomic E-state index is 13.7. The Balaban J connectivity index is 1.89. The molecule has 11 heteroatoms. The van der Waals surface area contributed by atoms with Crippen LogP contribution in [0, 0.1) is 0 Å². The molecular weight excluding hydrogens is 443 g/mol. The number of methoxy groups -OCH3 is 2. The lowest BCUT2D eigenvalue weighted by Crippen LogP contribution is -2.18. The third kappa shape index (κ3) is 5.08. The van der Waals surface area contributed by atoms with Gasteiger partial charge in [0, 0.05) is 5.69 Å². The van der Waals surface area contributed by atoms with Gasteiger partial charge < -0.3 is 19.5 Å². The third-order valence-electron chi connectivity index (χ3n) is 4.55. The molecule has 33 heavy (non-hydrogen) atoms. The van der Waals surface area contributed by atoms with Gasteiger partial charge in [-0.2, -0.15) is 18.3 Å². The number of anilines is 1. The molecule has 0 bridgehead atoms. The highest BCUT2D eigenvalue weighted by atomic mass is 19.4. The van der Waals surface area contributed by atoms with Gasteiger partial charge in [0.05, 0.1) is 38.3 Å². The number of aromatic nitrogens is 2. The number of alkyl halides is 3. The number of rotatable bonds is 7. The number of hydrogen-bond donors (Lipinski definition) is 1. The van der Waals surface area contributed by atoms with E-state index in [1.54, 1.807) is 12.1 Å². The normalized spacial score (nSPS) is 11.1. The molecule has 1 heterocycles. The Morgan fingerprint density at radius 1 is 1.03 bits per heavy atom. The van der Waals surface area contributed by atoms with Gasteiger partial charge in [0.1, 0.15) is 17.1 Å². The van der Waals surface area contributed by atoms with Crippen LogP contribution in [0.1, 0.15) is 33.3 Å². The molecule has 0 saturated carbocycles. The summed E-state index contributed by atoms with van der Waals surface area (Å²) in [5.74, 6) is -0.847. The molecule has 0 unspecified atom stereocenters. The van der Waals surface area contributed by atoms with Gasteiger partial charge in [-0.3, -0.25) is 4.79 Å². The molecule has 3 rings (SSSR count). The molecule has 3 aromatic rings. The number of halogens is 3. The molecule has 2 aromatic carbocycles. The van der Waals surface area contributed by atoms with Gasteiger partial charge in [0.25, 0.3) is 5.91 Å². The Kier molecular flexibility index (Phi) is 6.90. The van der Waals surface area contributed by atoms with E-state index in [0.29, 0.717) is 21.9 Å². The summed E-state index contributed by atoms with van der Waals surface area (Å²) in [7, 11) is 2.88. The minimum absolute atomic E-state index is 0.0369. The van der Waals surface area contributed by atoms with Crippen molar-refractivity contribution in [3.63, 3.8) is 0 Å².